The number of piperidine rings is 1. The topological polar surface area (TPSA) is 68.8 Å². The van der Waals surface area contributed by atoms with Gasteiger partial charge in [-0.25, -0.2) is 0 Å². The van der Waals surface area contributed by atoms with E-state index in [1.165, 1.54) is 0 Å². The van der Waals surface area contributed by atoms with Crippen LogP contribution >= 0.6 is 12.4 Å². The molecule has 1 saturated carbocycles. The number of halogens is 1. The minimum absolute atomic E-state index is 0. The molecule has 2 N–H and O–H groups in total. The highest BCUT2D eigenvalue weighted by Gasteiger charge is 2.57. The number of methoxy groups -OCH3 is 3. The van der Waals surface area contributed by atoms with Crippen LogP contribution < -0.4 is 24.8 Å². The summed E-state index contributed by atoms with van der Waals surface area (Å²) in [6.07, 6.45) is 3.97. The van der Waals surface area contributed by atoms with E-state index >= 15 is 0 Å². The standard InChI is InChI=1S/C19H28N2O4.ClH/c1-23-15-5-4-13(16(24-2)17(15)25-3)6-9-21-18(22)14-12-19(14)7-10-20-11-8-19;/h4-5,14,20H,6-12H2,1-3H3,(H,21,22);1H. The van der Waals surface area contributed by atoms with Gasteiger partial charge in [0.1, 0.15) is 0 Å². The Morgan fingerprint density at radius 2 is 1.85 bits per heavy atom. The predicted molar refractivity (Wildman–Crippen MR) is 103 cm³/mol. The Balaban J connectivity index is 0.00000243. The fourth-order valence-electron chi connectivity index (χ4n) is 4.00. The molecule has 0 aromatic heterocycles. The molecule has 7 heteroatoms. The van der Waals surface area contributed by atoms with E-state index < -0.39 is 0 Å². The summed E-state index contributed by atoms with van der Waals surface area (Å²) in [6, 6.07) is 3.82. The number of amides is 1. The Morgan fingerprint density at radius 3 is 2.46 bits per heavy atom. The number of carbonyl (C=O) groups excluding carboxylic acids is 1. The van der Waals surface area contributed by atoms with Crippen molar-refractivity contribution in [1.29, 1.82) is 0 Å². The molecule has 1 saturated heterocycles. The summed E-state index contributed by atoms with van der Waals surface area (Å²) in [5.41, 5.74) is 1.27. The van der Waals surface area contributed by atoms with Crippen molar-refractivity contribution in [3.63, 3.8) is 0 Å². The van der Waals surface area contributed by atoms with Crippen LogP contribution in [0.2, 0.25) is 0 Å². The van der Waals surface area contributed by atoms with Crippen molar-refractivity contribution < 1.29 is 19.0 Å². The third-order valence-electron chi connectivity index (χ3n) is 5.58. The normalized spacial score (nSPS) is 20.0. The molecule has 1 heterocycles. The molecule has 2 aliphatic rings. The average Bonchev–Trinajstić information content (AvgIpc) is 3.34. The molecule has 1 aromatic rings. The maximum atomic E-state index is 12.4. The number of rotatable bonds is 7. The molecule has 1 amide bonds. The van der Waals surface area contributed by atoms with Crippen molar-refractivity contribution in [2.24, 2.45) is 11.3 Å². The molecule has 0 bridgehead atoms. The van der Waals surface area contributed by atoms with E-state index in [9.17, 15) is 4.79 Å². The predicted octanol–water partition coefficient (Wildman–Crippen LogP) is 2.18. The quantitative estimate of drug-likeness (QED) is 0.754. The Kier molecular flexibility index (Phi) is 7.01. The third-order valence-corrected chi connectivity index (χ3v) is 5.58. The highest BCUT2D eigenvalue weighted by Crippen LogP contribution is 2.58. The zero-order valence-electron chi connectivity index (χ0n) is 15.7. The number of ether oxygens (including phenoxy) is 3. The van der Waals surface area contributed by atoms with E-state index in [1.807, 2.05) is 12.1 Å². The molecule has 1 unspecified atom stereocenters. The van der Waals surface area contributed by atoms with Crippen molar-refractivity contribution in [2.75, 3.05) is 41.0 Å². The van der Waals surface area contributed by atoms with E-state index in [4.69, 9.17) is 14.2 Å². The van der Waals surface area contributed by atoms with Crippen molar-refractivity contribution in [3.05, 3.63) is 17.7 Å². The number of hydrogen-bond acceptors (Lipinski definition) is 5. The molecule has 1 atom stereocenters. The lowest BCUT2D eigenvalue weighted by Gasteiger charge is -2.23. The molecule has 0 radical (unpaired) electrons. The zero-order chi connectivity index (χ0) is 17.9. The number of benzene rings is 1. The largest absolute Gasteiger partial charge is 0.493 e. The lowest BCUT2D eigenvalue weighted by atomic mass is 9.92. The van der Waals surface area contributed by atoms with Gasteiger partial charge < -0.3 is 24.8 Å². The summed E-state index contributed by atoms with van der Waals surface area (Å²) in [4.78, 5) is 12.4. The van der Waals surface area contributed by atoms with Crippen LogP contribution in [0.4, 0.5) is 0 Å². The van der Waals surface area contributed by atoms with Gasteiger partial charge in [0.2, 0.25) is 11.7 Å². The van der Waals surface area contributed by atoms with Gasteiger partial charge in [-0.05, 0) is 50.3 Å². The van der Waals surface area contributed by atoms with Gasteiger partial charge in [-0.1, -0.05) is 6.07 Å². The van der Waals surface area contributed by atoms with Crippen LogP contribution in [0, 0.1) is 11.3 Å². The molecule has 26 heavy (non-hydrogen) atoms. The smallest absolute Gasteiger partial charge is 0.223 e. The second-order valence-electron chi connectivity index (χ2n) is 6.90. The zero-order valence-corrected chi connectivity index (χ0v) is 16.5. The van der Waals surface area contributed by atoms with Crippen LogP contribution in [0.5, 0.6) is 17.2 Å². The van der Waals surface area contributed by atoms with Crippen LogP contribution in [0.15, 0.2) is 12.1 Å². The lowest BCUT2D eigenvalue weighted by molar-refractivity contribution is -0.123. The summed E-state index contributed by atoms with van der Waals surface area (Å²) in [7, 11) is 4.81. The first-order chi connectivity index (χ1) is 12.1. The third kappa shape index (κ3) is 4.01. The Morgan fingerprint density at radius 1 is 1.15 bits per heavy atom. The average molecular weight is 385 g/mol. The van der Waals surface area contributed by atoms with Crippen LogP contribution in [0.1, 0.15) is 24.8 Å². The van der Waals surface area contributed by atoms with E-state index in [1.54, 1.807) is 21.3 Å². The second-order valence-corrected chi connectivity index (χ2v) is 6.90. The van der Waals surface area contributed by atoms with Crippen LogP contribution in [-0.2, 0) is 11.2 Å². The molecule has 1 aliphatic heterocycles. The second kappa shape index (κ2) is 8.82. The van der Waals surface area contributed by atoms with Gasteiger partial charge in [-0.15, -0.1) is 12.4 Å². The fraction of sp³-hybridized carbons (Fsp3) is 0.632. The maximum absolute atomic E-state index is 12.4. The molecule has 3 rings (SSSR count). The van der Waals surface area contributed by atoms with Gasteiger partial charge in [-0.3, -0.25) is 4.79 Å². The van der Waals surface area contributed by atoms with Crippen LogP contribution in [0.25, 0.3) is 0 Å². The molecular weight excluding hydrogens is 356 g/mol. The highest BCUT2D eigenvalue weighted by atomic mass is 35.5. The number of hydrogen-bond donors (Lipinski definition) is 2. The molecular formula is C19H29ClN2O4. The fourth-order valence-corrected chi connectivity index (χ4v) is 4.00. The van der Waals surface area contributed by atoms with E-state index in [-0.39, 0.29) is 29.6 Å². The monoisotopic (exact) mass is 384 g/mol. The van der Waals surface area contributed by atoms with Crippen molar-refractivity contribution in [3.8, 4) is 17.2 Å². The molecule has 2 fully saturated rings. The lowest BCUT2D eigenvalue weighted by Crippen LogP contribution is -2.34. The Hall–Kier alpha value is -1.66. The summed E-state index contributed by atoms with van der Waals surface area (Å²) in [5, 5.41) is 6.46. The van der Waals surface area contributed by atoms with Gasteiger partial charge in [-0.2, -0.15) is 0 Å². The molecule has 1 spiro atoms. The number of nitrogens with one attached hydrogen (secondary N) is 2. The van der Waals surface area contributed by atoms with Crippen molar-refractivity contribution >= 4 is 18.3 Å². The first-order valence-electron chi connectivity index (χ1n) is 8.91. The van der Waals surface area contributed by atoms with Gasteiger partial charge in [0.15, 0.2) is 11.5 Å². The summed E-state index contributed by atoms with van der Waals surface area (Å²) in [5.74, 6) is 2.28. The first-order valence-corrected chi connectivity index (χ1v) is 8.91. The van der Waals surface area contributed by atoms with Crippen LogP contribution in [0.3, 0.4) is 0 Å². The molecule has 1 aliphatic carbocycles. The number of carbonyl (C=O) groups is 1. The van der Waals surface area contributed by atoms with E-state index in [2.05, 4.69) is 10.6 Å². The van der Waals surface area contributed by atoms with Gasteiger partial charge in [0, 0.05) is 18.0 Å². The molecule has 146 valence electrons. The Bertz CT molecular complexity index is 632. The SMILES string of the molecule is COc1ccc(CCNC(=O)C2CC23CCNCC3)c(OC)c1OC.Cl. The summed E-state index contributed by atoms with van der Waals surface area (Å²) in [6.45, 7) is 2.66. The van der Waals surface area contributed by atoms with Gasteiger partial charge >= 0.3 is 0 Å². The van der Waals surface area contributed by atoms with Gasteiger partial charge in [0.25, 0.3) is 0 Å². The van der Waals surface area contributed by atoms with E-state index in [0.717, 1.165) is 37.9 Å². The van der Waals surface area contributed by atoms with E-state index in [0.29, 0.717) is 30.2 Å². The summed E-state index contributed by atoms with van der Waals surface area (Å²) < 4.78 is 16.2. The van der Waals surface area contributed by atoms with Crippen molar-refractivity contribution in [2.45, 2.75) is 25.7 Å². The van der Waals surface area contributed by atoms with Crippen molar-refractivity contribution in [1.82, 2.24) is 10.6 Å². The van der Waals surface area contributed by atoms with Gasteiger partial charge in [0.05, 0.1) is 21.3 Å². The molecule has 6 nitrogen and oxygen atoms in total. The van der Waals surface area contributed by atoms with Crippen LogP contribution in [-0.4, -0.2) is 46.9 Å². The minimum atomic E-state index is 0. The first kappa shape index (κ1) is 20.6. The molecule has 1 aromatic carbocycles. The Labute approximate surface area is 161 Å². The maximum Gasteiger partial charge on any atom is 0.223 e. The highest BCUT2D eigenvalue weighted by molar-refractivity contribution is 5.85. The summed E-state index contributed by atoms with van der Waals surface area (Å²) >= 11 is 0. The minimum Gasteiger partial charge on any atom is -0.493 e.